The highest BCUT2D eigenvalue weighted by molar-refractivity contribution is 5.16. The zero-order valence-corrected chi connectivity index (χ0v) is 9.74. The van der Waals surface area contributed by atoms with Crippen LogP contribution in [0.5, 0.6) is 0 Å². The van der Waals surface area contributed by atoms with Crippen LogP contribution in [0.25, 0.3) is 0 Å². The van der Waals surface area contributed by atoms with Gasteiger partial charge in [0.2, 0.25) is 0 Å². The Morgan fingerprint density at radius 1 is 1.20 bits per heavy atom. The van der Waals surface area contributed by atoms with Crippen molar-refractivity contribution in [3.05, 3.63) is 35.9 Å². The molecule has 0 aliphatic heterocycles. The molecule has 1 fully saturated rings. The lowest BCUT2D eigenvalue weighted by atomic mass is 10.1. The molecular formula is C14H21N. The van der Waals surface area contributed by atoms with E-state index in [1.807, 2.05) is 0 Å². The van der Waals surface area contributed by atoms with Gasteiger partial charge in [-0.15, -0.1) is 0 Å². The minimum absolute atomic E-state index is 0.628. The van der Waals surface area contributed by atoms with Gasteiger partial charge in [-0.2, -0.15) is 0 Å². The number of nitrogens with one attached hydrogen (secondary N) is 1. The Hall–Kier alpha value is -0.820. The second kappa shape index (κ2) is 4.80. The third-order valence-corrected chi connectivity index (χ3v) is 3.20. The van der Waals surface area contributed by atoms with Crippen molar-refractivity contribution >= 4 is 0 Å². The molecule has 1 aliphatic rings. The van der Waals surface area contributed by atoms with Crippen LogP contribution in [0.1, 0.15) is 25.8 Å². The summed E-state index contributed by atoms with van der Waals surface area (Å²) in [4.78, 5) is 0. The third-order valence-electron chi connectivity index (χ3n) is 3.20. The van der Waals surface area contributed by atoms with Gasteiger partial charge in [-0.25, -0.2) is 0 Å². The van der Waals surface area contributed by atoms with Gasteiger partial charge in [0.15, 0.2) is 0 Å². The Labute approximate surface area is 92.9 Å². The number of rotatable bonds is 5. The average Bonchev–Trinajstić information content (AvgIpc) is 2.95. The summed E-state index contributed by atoms with van der Waals surface area (Å²) in [5.41, 5.74) is 1.49. The van der Waals surface area contributed by atoms with Crippen LogP contribution in [0, 0.1) is 11.8 Å². The Bertz CT molecular complexity index is 291. The Kier molecular flexibility index (Phi) is 3.42. The monoisotopic (exact) mass is 203 g/mol. The molecule has 0 bridgehead atoms. The lowest BCUT2D eigenvalue weighted by molar-refractivity contribution is 0.538. The highest BCUT2D eigenvalue weighted by atomic mass is 14.9. The maximum atomic E-state index is 3.52. The molecule has 0 heterocycles. The molecule has 0 radical (unpaired) electrons. The summed E-state index contributed by atoms with van der Waals surface area (Å²) in [6.07, 6.45) is 2.68. The van der Waals surface area contributed by atoms with Crippen LogP contribution in [0.2, 0.25) is 0 Å². The van der Waals surface area contributed by atoms with E-state index in [9.17, 15) is 0 Å². The van der Waals surface area contributed by atoms with E-state index in [0.29, 0.717) is 6.04 Å². The van der Waals surface area contributed by atoms with E-state index >= 15 is 0 Å². The first-order chi connectivity index (χ1) is 7.25. The molecule has 0 aromatic heterocycles. The van der Waals surface area contributed by atoms with E-state index in [0.717, 1.165) is 11.8 Å². The van der Waals surface area contributed by atoms with Gasteiger partial charge < -0.3 is 5.32 Å². The molecule has 2 rings (SSSR count). The zero-order valence-electron chi connectivity index (χ0n) is 9.74. The van der Waals surface area contributed by atoms with Gasteiger partial charge in [0.25, 0.3) is 0 Å². The largest absolute Gasteiger partial charge is 0.314 e. The molecule has 2 atom stereocenters. The molecule has 1 aromatic rings. The van der Waals surface area contributed by atoms with Crippen molar-refractivity contribution < 1.29 is 0 Å². The number of benzene rings is 1. The van der Waals surface area contributed by atoms with Crippen LogP contribution in [0.15, 0.2) is 30.3 Å². The van der Waals surface area contributed by atoms with Crippen LogP contribution in [-0.2, 0) is 6.42 Å². The van der Waals surface area contributed by atoms with E-state index in [1.54, 1.807) is 0 Å². The zero-order chi connectivity index (χ0) is 10.7. The second-order valence-electron chi connectivity index (χ2n) is 5.01. The van der Waals surface area contributed by atoms with E-state index in [2.05, 4.69) is 49.5 Å². The predicted octanol–water partition coefficient (Wildman–Crippen LogP) is 2.86. The summed E-state index contributed by atoms with van der Waals surface area (Å²) in [6, 6.07) is 11.5. The third kappa shape index (κ3) is 3.35. The molecule has 1 nitrogen and oxygen atoms in total. The van der Waals surface area contributed by atoms with Crippen LogP contribution in [-0.4, -0.2) is 12.6 Å². The molecule has 15 heavy (non-hydrogen) atoms. The van der Waals surface area contributed by atoms with Gasteiger partial charge in [-0.3, -0.25) is 0 Å². The van der Waals surface area contributed by atoms with Crippen LogP contribution < -0.4 is 5.32 Å². The molecular weight excluding hydrogens is 182 g/mol. The second-order valence-corrected chi connectivity index (χ2v) is 5.01. The van der Waals surface area contributed by atoms with E-state index in [4.69, 9.17) is 0 Å². The highest BCUT2D eigenvalue weighted by Crippen LogP contribution is 2.40. The fourth-order valence-corrected chi connectivity index (χ4v) is 2.11. The van der Waals surface area contributed by atoms with Crippen molar-refractivity contribution in [3.8, 4) is 0 Å². The predicted molar refractivity (Wildman–Crippen MR) is 64.9 cm³/mol. The topological polar surface area (TPSA) is 12.0 Å². The van der Waals surface area contributed by atoms with Crippen molar-refractivity contribution in [3.63, 3.8) is 0 Å². The molecule has 2 unspecified atom stereocenters. The van der Waals surface area contributed by atoms with E-state index in [-0.39, 0.29) is 0 Å². The highest BCUT2D eigenvalue weighted by Gasteiger charge is 2.36. The van der Waals surface area contributed by atoms with Crippen molar-refractivity contribution in [2.24, 2.45) is 11.8 Å². The lowest BCUT2D eigenvalue weighted by Crippen LogP contribution is -2.25. The molecule has 1 aliphatic carbocycles. The molecule has 0 amide bonds. The van der Waals surface area contributed by atoms with Crippen LogP contribution in [0.3, 0.4) is 0 Å². The average molecular weight is 203 g/mol. The van der Waals surface area contributed by atoms with Crippen molar-refractivity contribution in [1.29, 1.82) is 0 Å². The summed E-state index contributed by atoms with van der Waals surface area (Å²) in [5.74, 6) is 1.85. The fourth-order valence-electron chi connectivity index (χ4n) is 2.11. The molecule has 82 valence electrons. The van der Waals surface area contributed by atoms with Gasteiger partial charge in [-0.05, 0) is 36.8 Å². The van der Waals surface area contributed by atoms with Crippen molar-refractivity contribution in [1.82, 2.24) is 5.32 Å². The molecule has 1 heteroatoms. The van der Waals surface area contributed by atoms with Crippen molar-refractivity contribution in [2.75, 3.05) is 6.54 Å². The molecule has 1 saturated carbocycles. The summed E-state index contributed by atoms with van der Waals surface area (Å²) in [5, 5.41) is 3.52. The molecule has 1 N–H and O–H groups in total. The molecule has 0 spiro atoms. The Morgan fingerprint density at radius 2 is 1.93 bits per heavy atom. The number of hydrogen-bond donors (Lipinski definition) is 1. The lowest BCUT2D eigenvalue weighted by Gasteiger charge is -2.07. The SMILES string of the molecule is CC(C)NCC1CC1Cc1ccccc1. The van der Waals surface area contributed by atoms with Crippen molar-refractivity contribution in [2.45, 2.75) is 32.7 Å². The normalized spacial score (nSPS) is 24.5. The molecule has 1 aromatic carbocycles. The first-order valence-electron chi connectivity index (χ1n) is 6.03. The van der Waals surface area contributed by atoms with E-state index in [1.165, 1.54) is 24.9 Å². The van der Waals surface area contributed by atoms with Gasteiger partial charge in [0.1, 0.15) is 0 Å². The number of hydrogen-bond acceptors (Lipinski definition) is 1. The van der Waals surface area contributed by atoms with Gasteiger partial charge >= 0.3 is 0 Å². The van der Waals surface area contributed by atoms with Crippen LogP contribution in [0.4, 0.5) is 0 Å². The summed E-state index contributed by atoms with van der Waals surface area (Å²) in [7, 11) is 0. The molecule has 0 saturated heterocycles. The summed E-state index contributed by atoms with van der Waals surface area (Å²) in [6.45, 7) is 5.64. The first-order valence-corrected chi connectivity index (χ1v) is 6.03. The maximum Gasteiger partial charge on any atom is 0.00104 e. The van der Waals surface area contributed by atoms with E-state index < -0.39 is 0 Å². The van der Waals surface area contributed by atoms with Crippen LogP contribution >= 0.6 is 0 Å². The van der Waals surface area contributed by atoms with Gasteiger partial charge in [-0.1, -0.05) is 44.2 Å². The van der Waals surface area contributed by atoms with Gasteiger partial charge in [0.05, 0.1) is 0 Å². The summed E-state index contributed by atoms with van der Waals surface area (Å²) < 4.78 is 0. The first kappa shape index (κ1) is 10.7. The Balaban J connectivity index is 1.71. The minimum atomic E-state index is 0.628. The van der Waals surface area contributed by atoms with Gasteiger partial charge in [0, 0.05) is 6.04 Å². The summed E-state index contributed by atoms with van der Waals surface area (Å²) >= 11 is 0. The standard InChI is InChI=1S/C14H21N/c1-11(2)15-10-14-9-13(14)8-12-6-4-3-5-7-12/h3-7,11,13-15H,8-10H2,1-2H3. The Morgan fingerprint density at radius 3 is 2.60 bits per heavy atom. The quantitative estimate of drug-likeness (QED) is 0.776. The smallest absolute Gasteiger partial charge is 0.00104 e. The maximum absolute atomic E-state index is 3.52. The minimum Gasteiger partial charge on any atom is -0.314 e. The fraction of sp³-hybridized carbons (Fsp3) is 0.571.